The molecule has 8 saturated carbocycles. The molecule has 0 saturated heterocycles. The highest BCUT2D eigenvalue weighted by atomic mass is 16.7. The number of nitrogens with zero attached hydrogens (tertiary/aromatic N) is 6. The van der Waals surface area contributed by atoms with Crippen molar-refractivity contribution in [3.63, 3.8) is 0 Å². The van der Waals surface area contributed by atoms with Gasteiger partial charge in [0.1, 0.15) is 0 Å². The Morgan fingerprint density at radius 2 is 0.534 bits per heavy atom. The normalized spacial score (nSPS) is 29.1. The molecule has 8 aliphatic rings. The zero-order valence-electron chi connectivity index (χ0n) is 30.6. The first-order chi connectivity index (χ1) is 26.9. The fraction of sp³-hybridized carbons (Fsp3) is 0.625. The molecule has 316 valence electrons. The minimum Gasteiger partial charge on any atom is -0.863 e. The first-order valence-corrected chi connectivity index (χ1v) is 18.0. The fourth-order valence-corrected chi connectivity index (χ4v) is 10.9. The van der Waals surface area contributed by atoms with Gasteiger partial charge in [0.2, 0.25) is 0 Å². The van der Waals surface area contributed by atoms with Crippen molar-refractivity contribution >= 4 is 34.1 Å². The number of benzene rings is 2. The molecule has 0 unspecified atom stereocenters. The third kappa shape index (κ3) is 8.18. The van der Waals surface area contributed by atoms with Crippen LogP contribution in [0.3, 0.4) is 0 Å². The van der Waals surface area contributed by atoms with Gasteiger partial charge in [0, 0.05) is 38.5 Å². The Morgan fingerprint density at radius 3 is 0.655 bits per heavy atom. The van der Waals surface area contributed by atoms with Crippen molar-refractivity contribution in [2.24, 2.45) is 35.5 Å². The molecule has 2 aromatic rings. The van der Waals surface area contributed by atoms with Crippen molar-refractivity contribution in [2.45, 2.75) is 88.1 Å². The summed E-state index contributed by atoms with van der Waals surface area (Å²) >= 11 is 0. The summed E-state index contributed by atoms with van der Waals surface area (Å²) in [4.78, 5) is 53.5. The number of hydrogen-bond donors (Lipinski definition) is 6. The molecule has 10 rings (SSSR count). The molecule has 58 heavy (non-hydrogen) atoms. The van der Waals surface area contributed by atoms with Crippen LogP contribution in [-0.2, 0) is 0 Å². The van der Waals surface area contributed by atoms with E-state index in [0.29, 0.717) is 11.1 Å². The Balaban J connectivity index is 0.000000150. The summed E-state index contributed by atoms with van der Waals surface area (Å²) < 4.78 is 0. The van der Waals surface area contributed by atoms with Crippen molar-refractivity contribution in [3.8, 4) is 34.5 Å². The Labute approximate surface area is 324 Å². The molecule has 0 heterocycles. The first-order valence-electron chi connectivity index (χ1n) is 18.0. The summed E-state index contributed by atoms with van der Waals surface area (Å²) in [6.07, 6.45) is 18.0. The van der Waals surface area contributed by atoms with E-state index in [2.05, 4.69) is 11.5 Å². The number of nitro benzene ring substituents is 6. The highest BCUT2D eigenvalue weighted by Crippen LogP contribution is 2.56. The standard InChI is InChI=1S/2C10H17N.2C6H3N3O9/c2*11-10-4-7-1-8(5-10)3-9(2-7)6-10;2*10-4-1(7(13)14)5(11)3(9(17)18)6(12)2(4)8(15)16/h2*7-9H,1-6,11H2;2*10-12H. The summed E-state index contributed by atoms with van der Waals surface area (Å²) in [6.45, 7) is 0. The summed E-state index contributed by atoms with van der Waals surface area (Å²) in [5.41, 5.74) is -0.363. The molecule has 0 radical (unpaired) electrons. The zero-order valence-corrected chi connectivity index (χ0v) is 30.6. The molecule has 0 atom stereocenters. The fourth-order valence-electron chi connectivity index (χ4n) is 10.9. The SMILES string of the molecule is O=[N+]([O-])c1c([O-])c([N+](=O)[O-])c(O)c([N+](=O)[O-])c1O.O=[N+]([O-])c1c([O-])c([N+](=O)[O-])c(O)c([N+](=O)[O-])c1O.[NH3+]C12CC3CC(CC(C3)C1)C2.[NH3+]C12CC3CC(CC(C3)C1)C2. The van der Waals surface area contributed by atoms with E-state index in [0.717, 1.165) is 35.5 Å². The van der Waals surface area contributed by atoms with E-state index >= 15 is 0 Å². The lowest BCUT2D eigenvalue weighted by Crippen LogP contribution is -2.77. The third-order valence-electron chi connectivity index (χ3n) is 12.1. The van der Waals surface area contributed by atoms with E-state index in [-0.39, 0.29) is 0 Å². The number of aromatic hydroxyl groups is 4. The van der Waals surface area contributed by atoms with Crippen molar-refractivity contribution in [3.05, 3.63) is 60.7 Å². The van der Waals surface area contributed by atoms with Crippen LogP contribution < -0.4 is 21.7 Å². The average molecular weight is 825 g/mol. The smallest absolute Gasteiger partial charge is 0.366 e. The van der Waals surface area contributed by atoms with E-state index in [1.165, 1.54) is 38.5 Å². The maximum absolute atomic E-state index is 11.2. The average Bonchev–Trinajstić information content (AvgIpc) is 3.02. The molecular formula is C32H40N8O18. The summed E-state index contributed by atoms with van der Waals surface area (Å²) in [5.74, 6) is -4.31. The van der Waals surface area contributed by atoms with Gasteiger partial charge in [0.05, 0.1) is 52.1 Å². The second-order valence-electron chi connectivity index (χ2n) is 16.5. The Kier molecular flexibility index (Phi) is 11.4. The zero-order chi connectivity index (χ0) is 43.3. The van der Waals surface area contributed by atoms with Crippen LogP contribution >= 0.6 is 0 Å². The number of nitro groups is 6. The molecule has 2 aromatic carbocycles. The van der Waals surface area contributed by atoms with Gasteiger partial charge in [0.25, 0.3) is 23.0 Å². The molecular weight excluding hydrogens is 784 g/mol. The first kappa shape index (κ1) is 42.7. The van der Waals surface area contributed by atoms with Crippen LogP contribution in [0.5, 0.6) is 34.5 Å². The molecule has 0 spiro atoms. The van der Waals surface area contributed by atoms with Gasteiger partial charge in [-0.2, -0.15) is 0 Å². The van der Waals surface area contributed by atoms with Crippen molar-refractivity contribution in [1.82, 2.24) is 0 Å². The van der Waals surface area contributed by atoms with Crippen LogP contribution in [0.1, 0.15) is 77.0 Å². The number of phenols is 4. The molecule has 0 aliphatic heterocycles. The van der Waals surface area contributed by atoms with Gasteiger partial charge in [0.15, 0.2) is 0 Å². The monoisotopic (exact) mass is 824 g/mol. The second kappa shape index (κ2) is 15.5. The summed E-state index contributed by atoms with van der Waals surface area (Å²) in [6, 6.07) is 0. The van der Waals surface area contributed by atoms with Crippen LogP contribution in [0.4, 0.5) is 34.1 Å². The summed E-state index contributed by atoms with van der Waals surface area (Å²) in [5, 5.41) is 122. The van der Waals surface area contributed by atoms with Crippen LogP contribution in [0.15, 0.2) is 0 Å². The van der Waals surface area contributed by atoms with Gasteiger partial charge >= 0.3 is 34.1 Å². The molecule has 26 heteroatoms. The highest BCUT2D eigenvalue weighted by molar-refractivity contribution is 5.81. The van der Waals surface area contributed by atoms with Crippen LogP contribution in [-0.4, -0.2) is 61.0 Å². The Morgan fingerprint density at radius 1 is 0.379 bits per heavy atom. The number of hydrogen-bond acceptors (Lipinski definition) is 18. The minimum atomic E-state index is -1.93. The molecule has 8 fully saturated rings. The van der Waals surface area contributed by atoms with E-state index in [1.54, 1.807) is 38.5 Å². The largest absolute Gasteiger partial charge is 0.863 e. The third-order valence-corrected chi connectivity index (χ3v) is 12.1. The van der Waals surface area contributed by atoms with Crippen molar-refractivity contribution < 1.29 is 71.6 Å². The molecule has 8 aliphatic carbocycles. The van der Waals surface area contributed by atoms with Crippen molar-refractivity contribution in [1.29, 1.82) is 0 Å². The topological polar surface area (TPSA) is 441 Å². The number of phenolic OH excluding ortho intramolecular Hbond substituents is 4. The number of quaternary nitrogens is 2. The highest BCUT2D eigenvalue weighted by Gasteiger charge is 2.52. The van der Waals surface area contributed by atoms with Gasteiger partial charge < -0.3 is 42.1 Å². The molecule has 10 N–H and O–H groups in total. The maximum atomic E-state index is 11.2. The van der Waals surface area contributed by atoms with Crippen LogP contribution in [0.25, 0.3) is 0 Å². The van der Waals surface area contributed by atoms with Gasteiger partial charge in [-0.3, -0.25) is 60.7 Å². The predicted molar refractivity (Wildman–Crippen MR) is 186 cm³/mol. The van der Waals surface area contributed by atoms with E-state index in [9.17, 15) is 70.9 Å². The van der Waals surface area contributed by atoms with Crippen LogP contribution in [0, 0.1) is 96.2 Å². The lowest BCUT2D eigenvalue weighted by Gasteiger charge is -2.52. The predicted octanol–water partition coefficient (Wildman–Crippen LogP) is 2.19. The van der Waals surface area contributed by atoms with E-state index in [4.69, 9.17) is 20.4 Å². The van der Waals surface area contributed by atoms with Gasteiger partial charge in [-0.1, -0.05) is 0 Å². The van der Waals surface area contributed by atoms with Crippen molar-refractivity contribution in [2.75, 3.05) is 0 Å². The number of rotatable bonds is 6. The van der Waals surface area contributed by atoms with Gasteiger partial charge in [-0.25, -0.2) is 0 Å². The van der Waals surface area contributed by atoms with E-state index in [1.807, 2.05) is 0 Å². The molecule has 26 nitrogen and oxygen atoms in total. The van der Waals surface area contributed by atoms with Crippen LogP contribution in [0.2, 0.25) is 0 Å². The molecule has 0 amide bonds. The Hall–Kier alpha value is -6.44. The van der Waals surface area contributed by atoms with E-state index < -0.39 is 98.2 Å². The Bertz CT molecular complexity index is 1670. The maximum Gasteiger partial charge on any atom is 0.366 e. The second-order valence-corrected chi connectivity index (χ2v) is 16.5. The quantitative estimate of drug-likeness (QED) is 0.179. The lowest BCUT2D eigenvalue weighted by atomic mass is 9.53. The molecule has 0 aromatic heterocycles. The minimum absolute atomic E-state index is 0.550. The van der Waals surface area contributed by atoms with Gasteiger partial charge in [-0.15, -0.1) is 0 Å². The molecule has 8 bridgehead atoms. The summed E-state index contributed by atoms with van der Waals surface area (Å²) in [7, 11) is 0. The lowest BCUT2D eigenvalue weighted by molar-refractivity contribution is -0.505. The van der Waals surface area contributed by atoms with Gasteiger partial charge in [-0.05, 0) is 74.0 Å².